The summed E-state index contributed by atoms with van der Waals surface area (Å²) in [7, 11) is 0. The molecule has 1 aliphatic heterocycles. The van der Waals surface area contributed by atoms with Gasteiger partial charge in [-0.15, -0.1) is 0 Å². The van der Waals surface area contributed by atoms with Crippen LogP contribution in [-0.2, 0) is 4.79 Å². The quantitative estimate of drug-likeness (QED) is 0.895. The van der Waals surface area contributed by atoms with Crippen molar-refractivity contribution < 1.29 is 22.8 Å². The van der Waals surface area contributed by atoms with E-state index in [-0.39, 0.29) is 24.6 Å². The number of benzene rings is 2. The summed E-state index contributed by atoms with van der Waals surface area (Å²) in [5.74, 6) is -2.38. The summed E-state index contributed by atoms with van der Waals surface area (Å²) in [5.41, 5.74) is 0.226. The lowest BCUT2D eigenvalue weighted by Crippen LogP contribution is -2.39. The van der Waals surface area contributed by atoms with Crippen molar-refractivity contribution in [3.05, 3.63) is 59.9 Å². The van der Waals surface area contributed by atoms with Crippen LogP contribution in [0, 0.1) is 17.5 Å². The molecule has 1 atom stereocenters. The molecule has 2 aromatic rings. The van der Waals surface area contributed by atoms with Crippen molar-refractivity contribution in [3.63, 3.8) is 0 Å². The summed E-state index contributed by atoms with van der Waals surface area (Å²) in [5, 5.41) is 4.81. The van der Waals surface area contributed by atoms with Crippen molar-refractivity contribution in [1.82, 2.24) is 5.32 Å². The maximum absolute atomic E-state index is 13.5. The first kappa shape index (κ1) is 16.8. The number of hydrogen-bond donors (Lipinski definition) is 2. The fourth-order valence-corrected chi connectivity index (χ4v) is 2.63. The Morgan fingerprint density at radius 3 is 2.56 bits per heavy atom. The minimum absolute atomic E-state index is 0.0375. The van der Waals surface area contributed by atoms with Crippen LogP contribution in [-0.4, -0.2) is 24.5 Å². The maximum Gasteiger partial charge on any atom is 0.319 e. The lowest BCUT2D eigenvalue weighted by Gasteiger charge is -2.17. The molecule has 3 amide bonds. The molecule has 1 heterocycles. The van der Waals surface area contributed by atoms with Gasteiger partial charge in [0.2, 0.25) is 5.91 Å². The van der Waals surface area contributed by atoms with E-state index in [1.54, 1.807) is 6.07 Å². The van der Waals surface area contributed by atoms with Crippen LogP contribution in [0.5, 0.6) is 0 Å². The molecule has 2 aromatic carbocycles. The van der Waals surface area contributed by atoms with Crippen molar-refractivity contribution in [3.8, 4) is 0 Å². The predicted octanol–water partition coefficient (Wildman–Crippen LogP) is 3.03. The Hall–Kier alpha value is -3.03. The third kappa shape index (κ3) is 3.90. The van der Waals surface area contributed by atoms with Crippen molar-refractivity contribution in [2.45, 2.75) is 12.5 Å². The second kappa shape index (κ2) is 6.84. The largest absolute Gasteiger partial charge is 0.333 e. The van der Waals surface area contributed by atoms with E-state index in [0.29, 0.717) is 11.8 Å². The van der Waals surface area contributed by atoms with Crippen LogP contribution in [0.3, 0.4) is 0 Å². The van der Waals surface area contributed by atoms with E-state index in [4.69, 9.17) is 0 Å². The molecule has 0 spiro atoms. The van der Waals surface area contributed by atoms with Crippen molar-refractivity contribution in [1.29, 1.82) is 0 Å². The van der Waals surface area contributed by atoms with Gasteiger partial charge < -0.3 is 15.5 Å². The first-order chi connectivity index (χ1) is 11.9. The van der Waals surface area contributed by atoms with Crippen LogP contribution >= 0.6 is 0 Å². The summed E-state index contributed by atoms with van der Waals surface area (Å²) < 4.78 is 39.7. The van der Waals surface area contributed by atoms with Gasteiger partial charge in [-0.1, -0.05) is 6.07 Å². The number of anilines is 2. The number of carbonyl (C=O) groups is 2. The number of rotatable bonds is 3. The molecule has 2 N–H and O–H groups in total. The first-order valence-corrected chi connectivity index (χ1v) is 7.51. The second-order valence-corrected chi connectivity index (χ2v) is 5.61. The SMILES string of the molecule is O=C(Nc1ccc(F)cc1F)N[C@@H]1CC(=O)N(c2cccc(F)c2)C1. The molecule has 0 unspecified atom stereocenters. The number of halogens is 3. The molecule has 0 bridgehead atoms. The Labute approximate surface area is 141 Å². The Kier molecular flexibility index (Phi) is 4.60. The summed E-state index contributed by atoms with van der Waals surface area (Å²) >= 11 is 0. The Balaban J connectivity index is 1.62. The van der Waals surface area contributed by atoms with Crippen LogP contribution < -0.4 is 15.5 Å². The highest BCUT2D eigenvalue weighted by atomic mass is 19.1. The number of amides is 3. The molecule has 130 valence electrons. The van der Waals surface area contributed by atoms with Crippen LogP contribution in [0.2, 0.25) is 0 Å². The van der Waals surface area contributed by atoms with E-state index in [1.807, 2.05) is 0 Å². The van der Waals surface area contributed by atoms with E-state index in [9.17, 15) is 22.8 Å². The smallest absolute Gasteiger partial charge is 0.319 e. The summed E-state index contributed by atoms with van der Waals surface area (Å²) in [6.07, 6.45) is 0.0375. The molecule has 8 heteroatoms. The second-order valence-electron chi connectivity index (χ2n) is 5.61. The molecule has 25 heavy (non-hydrogen) atoms. The summed E-state index contributed by atoms with van der Waals surface area (Å²) in [6.45, 7) is 0.168. The van der Waals surface area contributed by atoms with Crippen molar-refractivity contribution in [2.75, 3.05) is 16.8 Å². The van der Waals surface area contributed by atoms with Gasteiger partial charge in [0.05, 0.1) is 11.7 Å². The number of urea groups is 1. The first-order valence-electron chi connectivity index (χ1n) is 7.51. The van der Waals surface area contributed by atoms with E-state index in [1.165, 1.54) is 23.1 Å². The zero-order chi connectivity index (χ0) is 18.0. The molecular weight excluding hydrogens is 335 g/mol. The lowest BCUT2D eigenvalue weighted by atomic mass is 10.2. The molecule has 0 saturated carbocycles. The highest BCUT2D eigenvalue weighted by molar-refractivity contribution is 5.97. The highest BCUT2D eigenvalue weighted by Gasteiger charge is 2.31. The Morgan fingerprint density at radius 2 is 1.84 bits per heavy atom. The third-order valence-electron chi connectivity index (χ3n) is 3.76. The van der Waals surface area contributed by atoms with Crippen LogP contribution in [0.25, 0.3) is 0 Å². The summed E-state index contributed by atoms with van der Waals surface area (Å²) in [4.78, 5) is 25.4. The minimum Gasteiger partial charge on any atom is -0.333 e. The molecule has 1 aliphatic rings. The number of nitrogens with zero attached hydrogens (tertiary/aromatic N) is 1. The molecule has 5 nitrogen and oxygen atoms in total. The van der Waals surface area contributed by atoms with E-state index >= 15 is 0 Å². The van der Waals surface area contributed by atoms with Gasteiger partial charge in [-0.05, 0) is 30.3 Å². The van der Waals surface area contributed by atoms with Crippen LogP contribution in [0.4, 0.5) is 29.3 Å². The Bertz CT molecular complexity index is 829. The molecule has 0 radical (unpaired) electrons. The van der Waals surface area contributed by atoms with E-state index in [2.05, 4.69) is 10.6 Å². The molecule has 1 fully saturated rings. The van der Waals surface area contributed by atoms with Gasteiger partial charge in [-0.2, -0.15) is 0 Å². The van der Waals surface area contributed by atoms with Gasteiger partial charge in [0, 0.05) is 24.7 Å². The number of hydrogen-bond acceptors (Lipinski definition) is 2. The summed E-state index contributed by atoms with van der Waals surface area (Å²) in [6, 6.07) is 7.12. The van der Waals surface area contributed by atoms with Crippen molar-refractivity contribution >= 4 is 23.3 Å². The molecule has 3 rings (SSSR count). The predicted molar refractivity (Wildman–Crippen MR) is 85.7 cm³/mol. The molecule has 0 aliphatic carbocycles. The van der Waals surface area contributed by atoms with E-state index in [0.717, 1.165) is 12.1 Å². The zero-order valence-corrected chi connectivity index (χ0v) is 12.9. The van der Waals surface area contributed by atoms with Gasteiger partial charge in [0.15, 0.2) is 0 Å². The van der Waals surface area contributed by atoms with Crippen LogP contribution in [0.15, 0.2) is 42.5 Å². The highest BCUT2D eigenvalue weighted by Crippen LogP contribution is 2.22. The third-order valence-corrected chi connectivity index (χ3v) is 3.76. The lowest BCUT2D eigenvalue weighted by molar-refractivity contribution is -0.117. The van der Waals surface area contributed by atoms with E-state index < -0.39 is 29.5 Å². The maximum atomic E-state index is 13.5. The molecule has 1 saturated heterocycles. The minimum atomic E-state index is -0.904. The normalized spacial score (nSPS) is 16.8. The van der Waals surface area contributed by atoms with Crippen molar-refractivity contribution in [2.24, 2.45) is 0 Å². The van der Waals surface area contributed by atoms with Gasteiger partial charge in [0.25, 0.3) is 0 Å². The van der Waals surface area contributed by atoms with Gasteiger partial charge >= 0.3 is 6.03 Å². The topological polar surface area (TPSA) is 61.4 Å². The van der Waals surface area contributed by atoms with Gasteiger partial charge in [0.1, 0.15) is 17.5 Å². The monoisotopic (exact) mass is 349 g/mol. The van der Waals surface area contributed by atoms with Gasteiger partial charge in [-0.25, -0.2) is 18.0 Å². The van der Waals surface area contributed by atoms with Crippen LogP contribution in [0.1, 0.15) is 6.42 Å². The standard InChI is InChI=1S/C17H14F3N3O2/c18-10-2-1-3-13(6-10)23-9-12(8-16(23)24)21-17(25)22-15-5-4-11(19)7-14(15)20/h1-7,12H,8-9H2,(H2,21,22,25)/t12-/m1/s1. The fourth-order valence-electron chi connectivity index (χ4n) is 2.63. The number of carbonyl (C=O) groups excluding carboxylic acids is 2. The molecular formula is C17H14F3N3O2. The average molecular weight is 349 g/mol. The van der Waals surface area contributed by atoms with Gasteiger partial charge in [-0.3, -0.25) is 4.79 Å². The zero-order valence-electron chi connectivity index (χ0n) is 12.9. The molecule has 0 aromatic heterocycles. The fraction of sp³-hybridized carbons (Fsp3) is 0.176. The Morgan fingerprint density at radius 1 is 1.08 bits per heavy atom. The number of nitrogens with one attached hydrogen (secondary N) is 2. The average Bonchev–Trinajstić information content (AvgIpc) is 2.90.